The smallest absolute Gasteiger partial charge is 0.102 e. The van der Waals surface area contributed by atoms with Gasteiger partial charge in [0.15, 0.2) is 0 Å². The lowest BCUT2D eigenvalue weighted by molar-refractivity contribution is 0.118. The summed E-state index contributed by atoms with van der Waals surface area (Å²) in [4.78, 5) is 2.18. The van der Waals surface area contributed by atoms with E-state index < -0.39 is 0 Å². The lowest BCUT2D eigenvalue weighted by Gasteiger charge is -2.38. The standard InChI is InChI=1S/C9H19FN2/c1-9(8-11)2-5-12(6-3-9)7-4-10/h2-8,11H2,1H3. The molecular formula is C9H19FN2. The molecule has 0 aromatic carbocycles. The summed E-state index contributed by atoms with van der Waals surface area (Å²) in [7, 11) is 0. The van der Waals surface area contributed by atoms with E-state index in [9.17, 15) is 4.39 Å². The minimum Gasteiger partial charge on any atom is -0.330 e. The molecule has 1 aliphatic rings. The average molecular weight is 174 g/mol. The fourth-order valence-corrected chi connectivity index (χ4v) is 1.64. The van der Waals surface area contributed by atoms with Crippen LogP contribution in [0.3, 0.4) is 0 Å². The first-order valence-electron chi connectivity index (χ1n) is 4.68. The van der Waals surface area contributed by atoms with Crippen molar-refractivity contribution in [2.75, 3.05) is 32.9 Å². The Morgan fingerprint density at radius 1 is 1.42 bits per heavy atom. The normalized spacial score (nSPS) is 24.2. The summed E-state index contributed by atoms with van der Waals surface area (Å²) in [5.41, 5.74) is 5.98. The second-order valence-electron chi connectivity index (χ2n) is 4.05. The van der Waals surface area contributed by atoms with E-state index in [0.717, 1.165) is 32.5 Å². The third kappa shape index (κ3) is 2.42. The van der Waals surface area contributed by atoms with E-state index in [1.54, 1.807) is 0 Å². The van der Waals surface area contributed by atoms with Crippen molar-refractivity contribution in [3.8, 4) is 0 Å². The second-order valence-corrected chi connectivity index (χ2v) is 4.05. The number of piperidine rings is 1. The molecule has 1 rings (SSSR count). The Kier molecular flexibility index (Phi) is 3.47. The Hall–Kier alpha value is -0.150. The van der Waals surface area contributed by atoms with Crippen molar-refractivity contribution in [3.63, 3.8) is 0 Å². The zero-order valence-corrected chi connectivity index (χ0v) is 7.85. The number of alkyl halides is 1. The summed E-state index contributed by atoms with van der Waals surface area (Å²) in [6.45, 7) is 5.38. The van der Waals surface area contributed by atoms with Gasteiger partial charge in [0.05, 0.1) is 0 Å². The highest BCUT2D eigenvalue weighted by Gasteiger charge is 2.28. The Bertz CT molecular complexity index is 130. The van der Waals surface area contributed by atoms with E-state index in [1.165, 1.54) is 0 Å². The molecule has 0 bridgehead atoms. The van der Waals surface area contributed by atoms with Crippen LogP contribution in [0.4, 0.5) is 4.39 Å². The van der Waals surface area contributed by atoms with Crippen LogP contribution in [0.15, 0.2) is 0 Å². The molecule has 0 amide bonds. The van der Waals surface area contributed by atoms with Crippen LogP contribution in [-0.2, 0) is 0 Å². The molecule has 1 fully saturated rings. The van der Waals surface area contributed by atoms with Gasteiger partial charge in [-0.25, -0.2) is 4.39 Å². The molecule has 0 spiro atoms. The van der Waals surface area contributed by atoms with Crippen molar-refractivity contribution >= 4 is 0 Å². The Labute approximate surface area is 73.9 Å². The van der Waals surface area contributed by atoms with Gasteiger partial charge in [-0.3, -0.25) is 0 Å². The number of likely N-dealkylation sites (tertiary alicyclic amines) is 1. The molecular weight excluding hydrogens is 155 g/mol. The lowest BCUT2D eigenvalue weighted by Crippen LogP contribution is -2.42. The van der Waals surface area contributed by atoms with E-state index in [2.05, 4.69) is 11.8 Å². The molecule has 2 N–H and O–H groups in total. The van der Waals surface area contributed by atoms with Crippen LogP contribution in [0.1, 0.15) is 19.8 Å². The molecule has 0 radical (unpaired) electrons. The quantitative estimate of drug-likeness (QED) is 0.692. The number of rotatable bonds is 3. The second kappa shape index (κ2) is 4.19. The van der Waals surface area contributed by atoms with Gasteiger partial charge in [0.25, 0.3) is 0 Å². The lowest BCUT2D eigenvalue weighted by atomic mass is 9.80. The van der Waals surface area contributed by atoms with Crippen LogP contribution in [-0.4, -0.2) is 37.8 Å². The highest BCUT2D eigenvalue weighted by Crippen LogP contribution is 2.28. The third-order valence-corrected chi connectivity index (χ3v) is 2.96. The van der Waals surface area contributed by atoms with Crippen LogP contribution >= 0.6 is 0 Å². The van der Waals surface area contributed by atoms with Crippen molar-refractivity contribution in [3.05, 3.63) is 0 Å². The number of nitrogens with two attached hydrogens (primary N) is 1. The zero-order chi connectivity index (χ0) is 9.03. The predicted octanol–water partition coefficient (Wildman–Crippen LogP) is 1.02. The monoisotopic (exact) mass is 174 g/mol. The van der Waals surface area contributed by atoms with Crippen molar-refractivity contribution in [2.24, 2.45) is 11.1 Å². The van der Waals surface area contributed by atoms with Crippen LogP contribution < -0.4 is 5.73 Å². The van der Waals surface area contributed by atoms with Gasteiger partial charge in [0, 0.05) is 6.54 Å². The maximum Gasteiger partial charge on any atom is 0.102 e. The summed E-state index contributed by atoms with van der Waals surface area (Å²) in [6.07, 6.45) is 2.23. The first-order valence-corrected chi connectivity index (χ1v) is 4.68. The third-order valence-electron chi connectivity index (χ3n) is 2.96. The first kappa shape index (κ1) is 9.93. The number of halogens is 1. The van der Waals surface area contributed by atoms with Gasteiger partial charge in [-0.1, -0.05) is 6.92 Å². The molecule has 2 nitrogen and oxygen atoms in total. The van der Waals surface area contributed by atoms with E-state index in [0.29, 0.717) is 12.0 Å². The Morgan fingerprint density at radius 3 is 2.42 bits per heavy atom. The highest BCUT2D eigenvalue weighted by molar-refractivity contribution is 4.82. The molecule has 3 heteroatoms. The van der Waals surface area contributed by atoms with Gasteiger partial charge in [0.2, 0.25) is 0 Å². The molecule has 12 heavy (non-hydrogen) atoms. The minimum atomic E-state index is -0.223. The maximum absolute atomic E-state index is 12.0. The topological polar surface area (TPSA) is 29.3 Å². The molecule has 0 saturated carbocycles. The van der Waals surface area contributed by atoms with Gasteiger partial charge in [0.1, 0.15) is 6.67 Å². The van der Waals surface area contributed by atoms with Crippen molar-refractivity contribution in [1.82, 2.24) is 4.90 Å². The van der Waals surface area contributed by atoms with E-state index in [1.807, 2.05) is 0 Å². The minimum absolute atomic E-state index is 0.223. The van der Waals surface area contributed by atoms with E-state index in [-0.39, 0.29) is 6.67 Å². The van der Waals surface area contributed by atoms with E-state index in [4.69, 9.17) is 5.73 Å². The maximum atomic E-state index is 12.0. The Balaban J connectivity index is 2.29. The molecule has 72 valence electrons. The molecule has 1 heterocycles. The van der Waals surface area contributed by atoms with Crippen LogP contribution in [0, 0.1) is 5.41 Å². The summed E-state index contributed by atoms with van der Waals surface area (Å²) >= 11 is 0. The van der Waals surface area contributed by atoms with Gasteiger partial charge in [-0.15, -0.1) is 0 Å². The number of nitrogens with zero attached hydrogens (tertiary/aromatic N) is 1. The van der Waals surface area contributed by atoms with Crippen LogP contribution in [0.5, 0.6) is 0 Å². The fraction of sp³-hybridized carbons (Fsp3) is 1.00. The SMILES string of the molecule is CC1(CN)CCN(CCF)CC1. The zero-order valence-electron chi connectivity index (χ0n) is 7.85. The number of hydrogen-bond donors (Lipinski definition) is 1. The fourth-order valence-electron chi connectivity index (χ4n) is 1.64. The van der Waals surface area contributed by atoms with Gasteiger partial charge < -0.3 is 10.6 Å². The molecule has 1 saturated heterocycles. The summed E-state index contributed by atoms with van der Waals surface area (Å²) in [6, 6.07) is 0. The molecule has 0 unspecified atom stereocenters. The van der Waals surface area contributed by atoms with Gasteiger partial charge in [-0.05, 0) is 37.9 Å². The van der Waals surface area contributed by atoms with E-state index >= 15 is 0 Å². The van der Waals surface area contributed by atoms with Gasteiger partial charge in [-0.2, -0.15) is 0 Å². The van der Waals surface area contributed by atoms with Crippen molar-refractivity contribution in [1.29, 1.82) is 0 Å². The molecule has 0 aromatic heterocycles. The summed E-state index contributed by atoms with van der Waals surface area (Å²) in [5, 5.41) is 0. The molecule has 0 aliphatic carbocycles. The average Bonchev–Trinajstić information content (AvgIpc) is 2.10. The number of hydrogen-bond acceptors (Lipinski definition) is 2. The predicted molar refractivity (Wildman–Crippen MR) is 48.8 cm³/mol. The highest BCUT2D eigenvalue weighted by atomic mass is 19.1. The Morgan fingerprint density at radius 2 is 2.00 bits per heavy atom. The molecule has 0 atom stereocenters. The summed E-state index contributed by atoms with van der Waals surface area (Å²) < 4.78 is 12.0. The largest absolute Gasteiger partial charge is 0.330 e. The first-order chi connectivity index (χ1) is 5.70. The summed E-state index contributed by atoms with van der Waals surface area (Å²) in [5.74, 6) is 0. The van der Waals surface area contributed by atoms with Gasteiger partial charge >= 0.3 is 0 Å². The molecule has 1 aliphatic heterocycles. The van der Waals surface area contributed by atoms with Crippen LogP contribution in [0.25, 0.3) is 0 Å². The van der Waals surface area contributed by atoms with Crippen molar-refractivity contribution < 1.29 is 4.39 Å². The molecule has 0 aromatic rings. The van der Waals surface area contributed by atoms with Crippen LogP contribution in [0.2, 0.25) is 0 Å². The van der Waals surface area contributed by atoms with Crippen molar-refractivity contribution in [2.45, 2.75) is 19.8 Å².